The molecule has 3 aromatic heterocycles. The zero-order valence-corrected chi connectivity index (χ0v) is 15.8. The topological polar surface area (TPSA) is 160 Å². The standard InChI is InChI=1S/C11H8N2.C9H13N3O5/c1-2-9-10(12-6-1)4-3-8-5-7-13-11(8)9;10-5-1-2-12(9(16)11-5)8-7(15)6(14)4(3-13)17-8/h1-7,12H;1-2,4,6-8,13-15H,3H2,(H2,10,11,16)/t;4-,6-,7-,8-/m.1/s1. The number of aromatic amines is 1. The number of benzene rings is 1. The van der Waals surface area contributed by atoms with Crippen molar-refractivity contribution in [2.24, 2.45) is 0 Å². The molecule has 6 N–H and O–H groups in total. The minimum absolute atomic E-state index is 0.0537. The fraction of sp³-hybridized carbons (Fsp3) is 0.250. The Hall–Kier alpha value is -3.31. The molecule has 1 saturated heterocycles. The van der Waals surface area contributed by atoms with Crippen molar-refractivity contribution in [1.82, 2.24) is 19.5 Å². The lowest BCUT2D eigenvalue weighted by Crippen LogP contribution is -2.36. The molecule has 5 rings (SSSR count). The van der Waals surface area contributed by atoms with Gasteiger partial charge >= 0.3 is 5.69 Å². The summed E-state index contributed by atoms with van der Waals surface area (Å²) in [6.45, 7) is -0.453. The molecule has 1 fully saturated rings. The second kappa shape index (κ2) is 8.20. The summed E-state index contributed by atoms with van der Waals surface area (Å²) in [7, 11) is 0. The molecule has 156 valence electrons. The molecule has 0 radical (unpaired) electrons. The largest absolute Gasteiger partial charge is 0.394 e. The summed E-state index contributed by atoms with van der Waals surface area (Å²) in [5, 5.41) is 30.5. The van der Waals surface area contributed by atoms with E-state index in [9.17, 15) is 15.0 Å². The molecule has 0 aliphatic carbocycles. The number of nitrogens with two attached hydrogens (primary N) is 1. The number of pyridine rings is 1. The van der Waals surface area contributed by atoms with Gasteiger partial charge in [-0.15, -0.1) is 0 Å². The predicted molar refractivity (Wildman–Crippen MR) is 110 cm³/mol. The molecule has 0 bridgehead atoms. The van der Waals surface area contributed by atoms with Crippen LogP contribution in [-0.2, 0) is 4.74 Å². The average Bonchev–Trinajstić information content (AvgIpc) is 3.34. The molecule has 10 nitrogen and oxygen atoms in total. The van der Waals surface area contributed by atoms with Crippen molar-refractivity contribution >= 4 is 27.6 Å². The van der Waals surface area contributed by atoms with Gasteiger partial charge in [0.1, 0.15) is 24.1 Å². The van der Waals surface area contributed by atoms with Crippen LogP contribution in [0, 0.1) is 0 Å². The third kappa shape index (κ3) is 3.64. The molecule has 1 aliphatic rings. The Morgan fingerprint density at radius 2 is 2.00 bits per heavy atom. The number of anilines is 1. The number of aliphatic hydroxyl groups is 3. The van der Waals surface area contributed by atoms with Gasteiger partial charge in [-0.1, -0.05) is 6.07 Å². The minimum atomic E-state index is -1.31. The van der Waals surface area contributed by atoms with Gasteiger partial charge in [0.15, 0.2) is 6.23 Å². The maximum Gasteiger partial charge on any atom is 0.351 e. The molecular formula is C20H21N5O5. The number of nitrogens with zero attached hydrogens (tertiary/aromatic N) is 3. The molecule has 1 aliphatic heterocycles. The van der Waals surface area contributed by atoms with E-state index in [1.54, 1.807) is 0 Å². The predicted octanol–water partition coefficient (Wildman–Crippen LogP) is 0.153. The molecule has 1 aromatic carbocycles. The van der Waals surface area contributed by atoms with E-state index in [-0.39, 0.29) is 5.82 Å². The van der Waals surface area contributed by atoms with Gasteiger partial charge in [-0.25, -0.2) is 4.79 Å². The van der Waals surface area contributed by atoms with E-state index in [1.165, 1.54) is 23.0 Å². The molecule has 0 spiro atoms. The number of H-pyrrole nitrogens is 1. The fourth-order valence-electron chi connectivity index (χ4n) is 3.40. The van der Waals surface area contributed by atoms with Gasteiger partial charge in [0.25, 0.3) is 0 Å². The Labute approximate surface area is 170 Å². The van der Waals surface area contributed by atoms with E-state index in [2.05, 4.69) is 33.2 Å². The van der Waals surface area contributed by atoms with Crippen LogP contribution in [0.1, 0.15) is 6.23 Å². The van der Waals surface area contributed by atoms with Crippen LogP contribution >= 0.6 is 0 Å². The number of aromatic nitrogens is 4. The number of fused-ring (bicyclic) bond motifs is 3. The molecule has 0 amide bonds. The smallest absolute Gasteiger partial charge is 0.351 e. The summed E-state index contributed by atoms with van der Waals surface area (Å²) in [5.41, 5.74) is 6.84. The van der Waals surface area contributed by atoms with Gasteiger partial charge in [-0.05, 0) is 30.3 Å². The lowest BCUT2D eigenvalue weighted by molar-refractivity contribution is -0.0549. The van der Waals surface area contributed by atoms with Crippen LogP contribution in [-0.4, -0.2) is 59.8 Å². The molecule has 10 heteroatoms. The Morgan fingerprint density at radius 1 is 1.17 bits per heavy atom. The first kappa shape index (κ1) is 20.0. The molecule has 4 heterocycles. The highest BCUT2D eigenvalue weighted by molar-refractivity contribution is 6.03. The van der Waals surface area contributed by atoms with Crippen molar-refractivity contribution in [3.05, 3.63) is 65.5 Å². The van der Waals surface area contributed by atoms with Crippen LogP contribution in [0.2, 0.25) is 0 Å². The van der Waals surface area contributed by atoms with Crippen LogP contribution in [0.3, 0.4) is 0 Å². The van der Waals surface area contributed by atoms with Gasteiger partial charge in [-0.3, -0.25) is 9.55 Å². The Kier molecular flexibility index (Phi) is 5.46. The summed E-state index contributed by atoms with van der Waals surface area (Å²) in [4.78, 5) is 22.5. The summed E-state index contributed by atoms with van der Waals surface area (Å²) < 4.78 is 6.19. The number of hydrogen-bond donors (Lipinski definition) is 5. The van der Waals surface area contributed by atoms with Crippen LogP contribution in [0.5, 0.6) is 0 Å². The number of ether oxygens (including phenoxy) is 1. The van der Waals surface area contributed by atoms with Crippen LogP contribution < -0.4 is 11.4 Å². The van der Waals surface area contributed by atoms with Gasteiger partial charge in [0, 0.05) is 34.9 Å². The van der Waals surface area contributed by atoms with Gasteiger partial charge < -0.3 is 30.8 Å². The normalized spacial score (nSPS) is 23.4. The average molecular weight is 411 g/mol. The number of nitrogen functional groups attached to an aromatic ring is 1. The third-order valence-corrected chi connectivity index (χ3v) is 4.95. The monoisotopic (exact) mass is 411 g/mol. The van der Waals surface area contributed by atoms with Crippen molar-refractivity contribution in [1.29, 1.82) is 0 Å². The van der Waals surface area contributed by atoms with E-state index >= 15 is 0 Å². The third-order valence-electron chi connectivity index (χ3n) is 4.95. The van der Waals surface area contributed by atoms with Crippen molar-refractivity contribution in [2.45, 2.75) is 24.5 Å². The van der Waals surface area contributed by atoms with E-state index in [0.717, 1.165) is 15.6 Å². The zero-order chi connectivity index (χ0) is 21.3. The first-order chi connectivity index (χ1) is 14.5. The summed E-state index contributed by atoms with van der Waals surface area (Å²) >= 11 is 0. The first-order valence-electron chi connectivity index (χ1n) is 9.27. The van der Waals surface area contributed by atoms with Gasteiger partial charge in [-0.2, -0.15) is 4.98 Å². The molecular weight excluding hydrogens is 390 g/mol. The highest BCUT2D eigenvalue weighted by atomic mass is 16.6. The molecule has 0 unspecified atom stereocenters. The van der Waals surface area contributed by atoms with Crippen molar-refractivity contribution in [3.63, 3.8) is 0 Å². The van der Waals surface area contributed by atoms with Crippen LogP contribution in [0.25, 0.3) is 21.8 Å². The van der Waals surface area contributed by atoms with E-state index < -0.39 is 36.8 Å². The van der Waals surface area contributed by atoms with E-state index in [1.807, 2.05) is 24.5 Å². The Morgan fingerprint density at radius 3 is 2.73 bits per heavy atom. The number of nitrogens with one attached hydrogen (secondary N) is 1. The Balaban J connectivity index is 0.000000150. The van der Waals surface area contributed by atoms with E-state index in [4.69, 9.17) is 15.6 Å². The van der Waals surface area contributed by atoms with Crippen molar-refractivity contribution in [2.75, 3.05) is 12.3 Å². The lowest BCUT2D eigenvalue weighted by Gasteiger charge is -2.16. The summed E-state index contributed by atoms with van der Waals surface area (Å²) in [5.74, 6) is 0.0537. The first-order valence-corrected chi connectivity index (χ1v) is 9.27. The minimum Gasteiger partial charge on any atom is -0.394 e. The second-order valence-corrected chi connectivity index (χ2v) is 6.85. The molecule has 30 heavy (non-hydrogen) atoms. The number of hydrogen-bond acceptors (Lipinski definition) is 8. The number of aliphatic hydroxyl groups excluding tert-OH is 3. The number of rotatable bonds is 2. The molecule has 4 aromatic rings. The van der Waals surface area contributed by atoms with Crippen LogP contribution in [0.15, 0.2) is 59.8 Å². The van der Waals surface area contributed by atoms with Gasteiger partial charge in [0.2, 0.25) is 0 Å². The van der Waals surface area contributed by atoms with Crippen molar-refractivity contribution in [3.8, 4) is 0 Å². The van der Waals surface area contributed by atoms with Gasteiger partial charge in [0.05, 0.1) is 12.1 Å². The summed E-state index contributed by atoms with van der Waals surface area (Å²) in [6.07, 6.45) is 0.506. The second-order valence-electron chi connectivity index (χ2n) is 6.85. The quantitative estimate of drug-likeness (QED) is 0.312. The molecule has 0 saturated carbocycles. The highest BCUT2D eigenvalue weighted by Gasteiger charge is 2.43. The van der Waals surface area contributed by atoms with E-state index in [0.29, 0.717) is 0 Å². The Bertz CT molecular complexity index is 1220. The summed E-state index contributed by atoms with van der Waals surface area (Å²) in [6, 6.07) is 11.6. The zero-order valence-electron chi connectivity index (χ0n) is 15.8. The van der Waals surface area contributed by atoms with Crippen molar-refractivity contribution < 1.29 is 20.1 Å². The highest BCUT2D eigenvalue weighted by Crippen LogP contribution is 2.28. The SMILES string of the molecule is Nc1ccn([C@@H]2O[C@H](CO)[C@@H](O)[C@H]2O)c(=O)n1.c1c[nH]c2ccc3ccnc3c2c1. The van der Waals surface area contributed by atoms with Crippen LogP contribution in [0.4, 0.5) is 5.82 Å². The maximum absolute atomic E-state index is 11.5. The molecule has 4 atom stereocenters. The maximum atomic E-state index is 11.5. The fourth-order valence-corrected chi connectivity index (χ4v) is 3.40. The lowest BCUT2D eigenvalue weighted by atomic mass is 10.1.